The summed E-state index contributed by atoms with van der Waals surface area (Å²) in [6, 6.07) is 7.32. The number of halogens is 2. The molecule has 0 aliphatic carbocycles. The lowest BCUT2D eigenvalue weighted by molar-refractivity contribution is 0.509. The molecule has 5 heteroatoms. The smallest absolute Gasteiger partial charge is 0.159 e. The molecule has 2 N–H and O–H groups in total. The van der Waals surface area contributed by atoms with E-state index in [1.807, 2.05) is 17.4 Å². The van der Waals surface area contributed by atoms with E-state index >= 15 is 0 Å². The van der Waals surface area contributed by atoms with Crippen LogP contribution >= 0.6 is 0 Å². The fourth-order valence-corrected chi connectivity index (χ4v) is 2.11. The van der Waals surface area contributed by atoms with Crippen LogP contribution in [0.5, 0.6) is 0 Å². The molecule has 0 saturated carbocycles. The second kappa shape index (κ2) is 4.05. The molecule has 96 valence electrons. The number of nitrogen functional groups attached to an aromatic ring is 1. The van der Waals surface area contributed by atoms with Gasteiger partial charge in [0.1, 0.15) is 5.82 Å². The number of rotatable bonds is 1. The zero-order valence-corrected chi connectivity index (χ0v) is 10.2. The van der Waals surface area contributed by atoms with Gasteiger partial charge in [-0.3, -0.25) is 0 Å². The second-order valence-corrected chi connectivity index (χ2v) is 4.35. The first-order valence-electron chi connectivity index (χ1n) is 5.76. The molecule has 0 amide bonds. The summed E-state index contributed by atoms with van der Waals surface area (Å²) in [5.41, 5.74) is 8.29. The van der Waals surface area contributed by atoms with E-state index in [1.165, 1.54) is 6.07 Å². The monoisotopic (exact) mass is 259 g/mol. The predicted octanol–water partition coefficient (Wildman–Crippen LogP) is 3.17. The number of nitrogens with zero attached hydrogens (tertiary/aromatic N) is 2. The lowest BCUT2D eigenvalue weighted by Gasteiger charge is -2.01. The van der Waals surface area contributed by atoms with Crippen molar-refractivity contribution < 1.29 is 8.78 Å². The van der Waals surface area contributed by atoms with Crippen LogP contribution in [0.2, 0.25) is 0 Å². The molecule has 0 atom stereocenters. The van der Waals surface area contributed by atoms with Gasteiger partial charge in [-0.15, -0.1) is 0 Å². The minimum Gasteiger partial charge on any atom is -0.398 e. The molecule has 3 rings (SSSR count). The first-order chi connectivity index (χ1) is 9.06. The van der Waals surface area contributed by atoms with Crippen LogP contribution in [-0.4, -0.2) is 9.38 Å². The number of anilines is 1. The molecule has 3 nitrogen and oxygen atoms in total. The zero-order chi connectivity index (χ0) is 13.6. The van der Waals surface area contributed by atoms with Gasteiger partial charge >= 0.3 is 0 Å². The number of nitrogens with two attached hydrogens (primary N) is 1. The first kappa shape index (κ1) is 11.6. The van der Waals surface area contributed by atoms with E-state index in [2.05, 4.69) is 4.98 Å². The maximum absolute atomic E-state index is 13.3. The SMILES string of the molecule is Cc1nc(-c2ccc(F)c(F)c2)c2ccc(N)cn12. The summed E-state index contributed by atoms with van der Waals surface area (Å²) in [6.45, 7) is 1.83. The van der Waals surface area contributed by atoms with Crippen LogP contribution in [-0.2, 0) is 0 Å². The third-order valence-corrected chi connectivity index (χ3v) is 3.03. The van der Waals surface area contributed by atoms with Gasteiger partial charge in [0.05, 0.1) is 11.2 Å². The normalized spacial score (nSPS) is 11.1. The Labute approximate surface area is 108 Å². The van der Waals surface area contributed by atoms with Crippen LogP contribution in [0.1, 0.15) is 5.82 Å². The molecule has 2 heterocycles. The van der Waals surface area contributed by atoms with Gasteiger partial charge in [-0.1, -0.05) is 0 Å². The van der Waals surface area contributed by atoms with Gasteiger partial charge in [-0.25, -0.2) is 13.8 Å². The Hall–Kier alpha value is -2.43. The lowest BCUT2D eigenvalue weighted by atomic mass is 10.1. The summed E-state index contributed by atoms with van der Waals surface area (Å²) >= 11 is 0. The van der Waals surface area contributed by atoms with Crippen molar-refractivity contribution >= 4 is 11.2 Å². The molecule has 3 aromatic rings. The van der Waals surface area contributed by atoms with Gasteiger partial charge < -0.3 is 10.1 Å². The van der Waals surface area contributed by atoms with Crippen molar-refractivity contribution in [3.8, 4) is 11.3 Å². The molecule has 0 aliphatic rings. The number of aryl methyl sites for hydroxylation is 1. The van der Waals surface area contributed by atoms with E-state index in [-0.39, 0.29) is 0 Å². The van der Waals surface area contributed by atoms with Crippen LogP contribution in [0.15, 0.2) is 36.5 Å². The Morgan fingerprint density at radius 2 is 1.89 bits per heavy atom. The van der Waals surface area contributed by atoms with Gasteiger partial charge in [0.15, 0.2) is 11.6 Å². The highest BCUT2D eigenvalue weighted by Gasteiger charge is 2.12. The summed E-state index contributed by atoms with van der Waals surface area (Å²) in [6.07, 6.45) is 1.75. The number of aromatic nitrogens is 2. The largest absolute Gasteiger partial charge is 0.398 e. The van der Waals surface area contributed by atoms with E-state index in [9.17, 15) is 8.78 Å². The molecule has 2 aromatic heterocycles. The van der Waals surface area contributed by atoms with Gasteiger partial charge in [0.2, 0.25) is 0 Å². The fourth-order valence-electron chi connectivity index (χ4n) is 2.11. The molecule has 0 unspecified atom stereocenters. The third kappa shape index (κ3) is 1.83. The lowest BCUT2D eigenvalue weighted by Crippen LogP contribution is -1.91. The van der Waals surface area contributed by atoms with E-state index in [0.29, 0.717) is 16.9 Å². The Balaban J connectivity index is 2.28. The topological polar surface area (TPSA) is 43.3 Å². The van der Waals surface area contributed by atoms with Crippen molar-refractivity contribution in [2.75, 3.05) is 5.73 Å². The standard InChI is InChI=1S/C14H11F2N3/c1-8-18-14(9-2-4-11(15)12(16)6-9)13-5-3-10(17)7-19(8)13/h2-7H,17H2,1H3. The molecule has 0 saturated heterocycles. The average Bonchev–Trinajstić information content (AvgIpc) is 2.70. The maximum atomic E-state index is 13.3. The van der Waals surface area contributed by atoms with Gasteiger partial charge in [0.25, 0.3) is 0 Å². The molecule has 0 fully saturated rings. The highest BCUT2D eigenvalue weighted by molar-refractivity contribution is 5.78. The van der Waals surface area contributed by atoms with Crippen molar-refractivity contribution in [1.29, 1.82) is 0 Å². The zero-order valence-electron chi connectivity index (χ0n) is 10.2. The summed E-state index contributed by atoms with van der Waals surface area (Å²) in [7, 11) is 0. The summed E-state index contributed by atoms with van der Waals surface area (Å²) < 4.78 is 28.1. The average molecular weight is 259 g/mol. The molecule has 1 aromatic carbocycles. The Morgan fingerprint density at radius 3 is 2.63 bits per heavy atom. The number of hydrogen-bond donors (Lipinski definition) is 1. The summed E-state index contributed by atoms with van der Waals surface area (Å²) in [5.74, 6) is -1.01. The molecule has 0 bridgehead atoms. The summed E-state index contributed by atoms with van der Waals surface area (Å²) in [4.78, 5) is 4.39. The van der Waals surface area contributed by atoms with Crippen LogP contribution in [0.3, 0.4) is 0 Å². The van der Waals surface area contributed by atoms with E-state index in [1.54, 1.807) is 12.3 Å². The molecular weight excluding hydrogens is 248 g/mol. The van der Waals surface area contributed by atoms with Crippen LogP contribution < -0.4 is 5.73 Å². The number of pyridine rings is 1. The van der Waals surface area contributed by atoms with Gasteiger partial charge in [-0.2, -0.15) is 0 Å². The minimum atomic E-state index is -0.883. The van der Waals surface area contributed by atoms with Crippen LogP contribution in [0.4, 0.5) is 14.5 Å². The van der Waals surface area contributed by atoms with Gasteiger partial charge in [-0.05, 0) is 37.3 Å². The number of hydrogen-bond acceptors (Lipinski definition) is 2. The number of benzene rings is 1. The molecule has 19 heavy (non-hydrogen) atoms. The third-order valence-electron chi connectivity index (χ3n) is 3.03. The minimum absolute atomic E-state index is 0.536. The number of fused-ring (bicyclic) bond motifs is 1. The Bertz CT molecular complexity index is 778. The summed E-state index contributed by atoms with van der Waals surface area (Å²) in [5, 5.41) is 0. The highest BCUT2D eigenvalue weighted by Crippen LogP contribution is 2.26. The van der Waals surface area contributed by atoms with E-state index in [0.717, 1.165) is 23.5 Å². The molecule has 0 spiro atoms. The molecular formula is C14H11F2N3. The fraction of sp³-hybridized carbons (Fsp3) is 0.0714. The van der Waals surface area contributed by atoms with E-state index in [4.69, 9.17) is 5.73 Å². The number of imidazole rings is 1. The first-order valence-corrected chi connectivity index (χ1v) is 5.76. The van der Waals surface area contributed by atoms with Crippen molar-refractivity contribution in [3.05, 3.63) is 54.0 Å². The van der Waals surface area contributed by atoms with Crippen molar-refractivity contribution in [3.63, 3.8) is 0 Å². The predicted molar refractivity (Wildman–Crippen MR) is 69.7 cm³/mol. The van der Waals surface area contributed by atoms with Crippen molar-refractivity contribution in [2.45, 2.75) is 6.92 Å². The van der Waals surface area contributed by atoms with Crippen molar-refractivity contribution in [2.24, 2.45) is 0 Å². The highest BCUT2D eigenvalue weighted by atomic mass is 19.2. The Kier molecular flexibility index (Phi) is 2.48. The van der Waals surface area contributed by atoms with E-state index < -0.39 is 11.6 Å². The van der Waals surface area contributed by atoms with Crippen LogP contribution in [0.25, 0.3) is 16.8 Å². The Morgan fingerprint density at radius 1 is 1.11 bits per heavy atom. The molecule has 0 radical (unpaired) electrons. The maximum Gasteiger partial charge on any atom is 0.159 e. The quantitative estimate of drug-likeness (QED) is 0.729. The molecule has 0 aliphatic heterocycles. The second-order valence-electron chi connectivity index (χ2n) is 4.35. The van der Waals surface area contributed by atoms with Crippen molar-refractivity contribution in [1.82, 2.24) is 9.38 Å². The van der Waals surface area contributed by atoms with Gasteiger partial charge in [0, 0.05) is 17.4 Å². The van der Waals surface area contributed by atoms with Crippen LogP contribution in [0, 0.1) is 18.6 Å².